The van der Waals surface area contributed by atoms with Crippen LogP contribution >= 0.6 is 0 Å². The highest BCUT2D eigenvalue weighted by Crippen LogP contribution is 2.28. The van der Waals surface area contributed by atoms with Crippen LogP contribution in [0.2, 0.25) is 0 Å². The summed E-state index contributed by atoms with van der Waals surface area (Å²) >= 11 is 0. The molecule has 1 N–H and O–H groups in total. The van der Waals surface area contributed by atoms with Gasteiger partial charge in [-0.1, -0.05) is 85.3 Å². The lowest BCUT2D eigenvalue weighted by atomic mass is 9.87. The average molecular weight is 319 g/mol. The second kappa shape index (κ2) is 8.15. The van der Waals surface area contributed by atoms with Gasteiger partial charge in [0.05, 0.1) is 6.54 Å². The van der Waals surface area contributed by atoms with Crippen molar-refractivity contribution in [2.45, 2.75) is 31.3 Å². The molecule has 24 heavy (non-hydrogen) atoms. The van der Waals surface area contributed by atoms with Crippen LogP contribution < -0.4 is 0 Å². The van der Waals surface area contributed by atoms with Gasteiger partial charge in [0.2, 0.25) is 0 Å². The third kappa shape index (κ3) is 4.06. The molecule has 2 aromatic rings. The van der Waals surface area contributed by atoms with Crippen molar-refractivity contribution in [2.75, 3.05) is 19.6 Å². The van der Waals surface area contributed by atoms with Gasteiger partial charge < -0.3 is 5.11 Å². The first-order valence-corrected chi connectivity index (χ1v) is 8.85. The van der Waals surface area contributed by atoms with E-state index >= 15 is 0 Å². The predicted molar refractivity (Wildman–Crippen MR) is 98.6 cm³/mol. The lowest BCUT2D eigenvalue weighted by Crippen LogP contribution is -2.27. The lowest BCUT2D eigenvalue weighted by molar-refractivity contribution is 0.145. The minimum Gasteiger partial charge on any atom is -0.369 e. The highest BCUT2D eigenvalue weighted by atomic mass is 16.3. The molecule has 0 radical (unpaired) electrons. The Labute approximate surface area is 145 Å². The van der Waals surface area contributed by atoms with Gasteiger partial charge in [0.15, 0.2) is 5.60 Å². The molecular weight excluding hydrogens is 294 g/mol. The van der Waals surface area contributed by atoms with Gasteiger partial charge in [-0.2, -0.15) is 0 Å². The van der Waals surface area contributed by atoms with Crippen LogP contribution in [0, 0.1) is 11.8 Å². The van der Waals surface area contributed by atoms with Crippen molar-refractivity contribution in [1.82, 2.24) is 4.90 Å². The van der Waals surface area contributed by atoms with E-state index in [0.717, 1.165) is 30.8 Å². The fourth-order valence-electron chi connectivity index (χ4n) is 3.24. The minimum absolute atomic E-state index is 0.724. The van der Waals surface area contributed by atoms with E-state index < -0.39 is 5.60 Å². The van der Waals surface area contributed by atoms with E-state index in [1.165, 1.54) is 25.7 Å². The first kappa shape index (κ1) is 16.8. The van der Waals surface area contributed by atoms with Crippen LogP contribution in [-0.2, 0) is 5.60 Å². The maximum atomic E-state index is 11.3. The highest BCUT2D eigenvalue weighted by molar-refractivity contribution is 5.44. The molecule has 0 amide bonds. The summed E-state index contributed by atoms with van der Waals surface area (Å²) in [5.41, 5.74) is 0.382. The number of benzene rings is 2. The van der Waals surface area contributed by atoms with Gasteiger partial charge in [0, 0.05) is 11.1 Å². The van der Waals surface area contributed by atoms with E-state index in [0.29, 0.717) is 0 Å². The first-order valence-electron chi connectivity index (χ1n) is 8.85. The summed E-state index contributed by atoms with van der Waals surface area (Å²) in [4.78, 5) is 2.40. The summed E-state index contributed by atoms with van der Waals surface area (Å²) in [5.74, 6) is 6.41. The molecule has 1 heterocycles. The van der Waals surface area contributed by atoms with Gasteiger partial charge in [0.25, 0.3) is 0 Å². The van der Waals surface area contributed by atoms with Gasteiger partial charge in [-0.25, -0.2) is 0 Å². The third-order valence-corrected chi connectivity index (χ3v) is 4.65. The summed E-state index contributed by atoms with van der Waals surface area (Å²) in [5, 5.41) is 11.3. The molecule has 0 aliphatic carbocycles. The highest BCUT2D eigenvalue weighted by Gasteiger charge is 2.29. The minimum atomic E-state index is -1.26. The number of hydrogen-bond donors (Lipinski definition) is 1. The summed E-state index contributed by atoms with van der Waals surface area (Å²) in [6.07, 6.45) is 5.15. The number of likely N-dealkylation sites (tertiary alicyclic amines) is 1. The fraction of sp³-hybridized carbons (Fsp3) is 0.364. The molecular formula is C22H25NO. The standard InChI is InChI=1S/C22H25NO/c24-22(20-12-5-3-6-13-20,21-14-7-4-8-15-21)16-11-19-23-17-9-1-2-10-18-23/h3-8,12-15,24H,1-2,9-10,17-19H2. The zero-order valence-electron chi connectivity index (χ0n) is 14.1. The lowest BCUT2D eigenvalue weighted by Gasteiger charge is -2.24. The molecule has 0 spiro atoms. The van der Waals surface area contributed by atoms with Crippen LogP contribution in [0.15, 0.2) is 60.7 Å². The van der Waals surface area contributed by atoms with E-state index in [9.17, 15) is 5.11 Å². The van der Waals surface area contributed by atoms with Gasteiger partial charge in [-0.15, -0.1) is 0 Å². The normalized spacial score (nSPS) is 16.0. The van der Waals surface area contributed by atoms with Crippen LogP contribution in [0.25, 0.3) is 0 Å². The van der Waals surface area contributed by atoms with Crippen molar-refractivity contribution in [3.63, 3.8) is 0 Å². The Morgan fingerprint density at radius 3 is 1.79 bits per heavy atom. The van der Waals surface area contributed by atoms with Crippen molar-refractivity contribution >= 4 is 0 Å². The van der Waals surface area contributed by atoms with E-state index in [1.807, 2.05) is 60.7 Å². The van der Waals surface area contributed by atoms with Gasteiger partial charge >= 0.3 is 0 Å². The maximum absolute atomic E-state index is 11.3. The summed E-state index contributed by atoms with van der Waals surface area (Å²) < 4.78 is 0. The SMILES string of the molecule is OC(C#CCN1CCCCCC1)(c1ccccc1)c1ccccc1. The van der Waals surface area contributed by atoms with Gasteiger partial charge in [0.1, 0.15) is 0 Å². The topological polar surface area (TPSA) is 23.5 Å². The van der Waals surface area contributed by atoms with E-state index in [1.54, 1.807) is 0 Å². The molecule has 1 aliphatic rings. The Balaban J connectivity index is 1.85. The quantitative estimate of drug-likeness (QED) is 0.870. The molecule has 2 heteroatoms. The van der Waals surface area contributed by atoms with E-state index in [-0.39, 0.29) is 0 Å². The summed E-state index contributed by atoms with van der Waals surface area (Å²) in [7, 11) is 0. The molecule has 0 bridgehead atoms. The van der Waals surface area contributed by atoms with Crippen LogP contribution in [0.5, 0.6) is 0 Å². The molecule has 0 saturated carbocycles. The molecule has 0 atom stereocenters. The summed E-state index contributed by atoms with van der Waals surface area (Å²) in [6.45, 7) is 2.95. The smallest absolute Gasteiger partial charge is 0.176 e. The Bertz CT molecular complexity index is 637. The molecule has 124 valence electrons. The Hall–Kier alpha value is -2.08. The number of rotatable bonds is 3. The van der Waals surface area contributed by atoms with Crippen molar-refractivity contribution < 1.29 is 5.11 Å². The van der Waals surface area contributed by atoms with Crippen molar-refractivity contribution in [3.8, 4) is 11.8 Å². The first-order chi connectivity index (χ1) is 11.8. The van der Waals surface area contributed by atoms with E-state index in [2.05, 4.69) is 16.7 Å². The Kier molecular flexibility index (Phi) is 5.69. The van der Waals surface area contributed by atoms with Crippen LogP contribution in [0.4, 0.5) is 0 Å². The number of aliphatic hydroxyl groups is 1. The Morgan fingerprint density at radius 2 is 1.29 bits per heavy atom. The average Bonchev–Trinajstić information content (AvgIpc) is 2.92. The van der Waals surface area contributed by atoms with Gasteiger partial charge in [-0.05, 0) is 25.9 Å². The molecule has 3 rings (SSSR count). The molecule has 2 nitrogen and oxygen atoms in total. The maximum Gasteiger partial charge on any atom is 0.176 e. The largest absolute Gasteiger partial charge is 0.369 e. The van der Waals surface area contributed by atoms with Crippen molar-refractivity contribution in [3.05, 3.63) is 71.8 Å². The number of hydrogen-bond acceptors (Lipinski definition) is 2. The van der Waals surface area contributed by atoms with Crippen LogP contribution in [-0.4, -0.2) is 29.6 Å². The van der Waals surface area contributed by atoms with Crippen molar-refractivity contribution in [2.24, 2.45) is 0 Å². The fourth-order valence-corrected chi connectivity index (χ4v) is 3.24. The second-order valence-corrected chi connectivity index (χ2v) is 6.43. The summed E-state index contributed by atoms with van der Waals surface area (Å²) in [6, 6.07) is 19.4. The van der Waals surface area contributed by atoms with E-state index in [4.69, 9.17) is 0 Å². The predicted octanol–water partition coefficient (Wildman–Crippen LogP) is 3.80. The molecule has 1 saturated heterocycles. The van der Waals surface area contributed by atoms with Crippen LogP contribution in [0.1, 0.15) is 36.8 Å². The number of nitrogens with zero attached hydrogens (tertiary/aromatic N) is 1. The molecule has 1 fully saturated rings. The zero-order valence-corrected chi connectivity index (χ0v) is 14.1. The van der Waals surface area contributed by atoms with Crippen molar-refractivity contribution in [1.29, 1.82) is 0 Å². The molecule has 0 unspecified atom stereocenters. The Morgan fingerprint density at radius 1 is 0.792 bits per heavy atom. The monoisotopic (exact) mass is 319 g/mol. The second-order valence-electron chi connectivity index (χ2n) is 6.43. The molecule has 1 aliphatic heterocycles. The molecule has 0 aromatic heterocycles. The van der Waals surface area contributed by atoms with Gasteiger partial charge in [-0.3, -0.25) is 4.90 Å². The third-order valence-electron chi connectivity index (χ3n) is 4.65. The zero-order chi connectivity index (χ0) is 16.7. The molecule has 2 aromatic carbocycles. The van der Waals surface area contributed by atoms with Crippen LogP contribution in [0.3, 0.4) is 0 Å².